The second-order valence-corrected chi connectivity index (χ2v) is 9.54. The summed E-state index contributed by atoms with van der Waals surface area (Å²) in [5.74, 6) is -0.690. The maximum atomic E-state index is 13.2. The molecule has 2 heterocycles. The molecule has 0 radical (unpaired) electrons. The number of nitrogens with one attached hydrogen (secondary N) is 3. The van der Waals surface area contributed by atoms with E-state index in [-0.39, 0.29) is 23.8 Å². The quantitative estimate of drug-likeness (QED) is 0.263. The van der Waals surface area contributed by atoms with Gasteiger partial charge in [-0.15, -0.1) is 0 Å². The molecular weight excluding hydrogens is 480 g/mol. The zero-order valence-electron chi connectivity index (χ0n) is 21.6. The normalized spacial score (nSPS) is 20.3. The van der Waals surface area contributed by atoms with E-state index >= 15 is 0 Å². The maximum absolute atomic E-state index is 13.2. The summed E-state index contributed by atoms with van der Waals surface area (Å²) in [5.41, 5.74) is 4.86. The SMILES string of the molecule is COC(=O)c1ccc2c(c1)NC(=O)/C2=C(\Nc1ccc(C(=O)C2NCCN(C)C2C)cc1)c1ccccc1. The number of piperazine rings is 1. The fraction of sp³-hybridized carbons (Fsp3) is 0.233. The van der Waals surface area contributed by atoms with Crippen molar-refractivity contribution in [3.63, 3.8) is 0 Å². The Morgan fingerprint density at radius 2 is 1.68 bits per heavy atom. The van der Waals surface area contributed by atoms with Gasteiger partial charge < -0.3 is 25.6 Å². The van der Waals surface area contributed by atoms with Gasteiger partial charge in [0.1, 0.15) is 0 Å². The molecule has 3 aromatic carbocycles. The number of likely N-dealkylation sites (N-methyl/N-ethyl adjacent to an activating group) is 1. The molecule has 2 aliphatic rings. The standard InChI is InChI=1S/C30H30N4O4/c1-18-26(31-15-16-34(18)2)28(35)20-9-12-22(13-10-20)32-27(19-7-5-4-6-8-19)25-23-14-11-21(30(37)38-3)17-24(23)33-29(25)36/h4-14,17-18,26,31-32H,15-16H2,1-3H3,(H,33,36)/b27-25-. The lowest BCUT2D eigenvalue weighted by Crippen LogP contribution is -2.58. The zero-order valence-corrected chi connectivity index (χ0v) is 21.6. The van der Waals surface area contributed by atoms with E-state index < -0.39 is 5.97 Å². The molecule has 2 atom stereocenters. The Balaban J connectivity index is 1.48. The minimum atomic E-state index is -0.472. The molecule has 0 spiro atoms. The number of Topliss-reactive ketones (excluding diaryl/α,β-unsaturated/α-hetero) is 1. The van der Waals surface area contributed by atoms with Crippen molar-refractivity contribution >= 4 is 40.3 Å². The third-order valence-corrected chi connectivity index (χ3v) is 7.23. The number of rotatable bonds is 6. The molecule has 2 aliphatic heterocycles. The van der Waals surface area contributed by atoms with Gasteiger partial charge in [0.2, 0.25) is 0 Å². The Morgan fingerprint density at radius 3 is 2.39 bits per heavy atom. The van der Waals surface area contributed by atoms with Crippen LogP contribution in [0.2, 0.25) is 0 Å². The minimum Gasteiger partial charge on any atom is -0.465 e. The average molecular weight is 511 g/mol. The van der Waals surface area contributed by atoms with Gasteiger partial charge >= 0.3 is 5.97 Å². The van der Waals surface area contributed by atoms with Crippen LogP contribution in [0.25, 0.3) is 11.3 Å². The molecule has 194 valence electrons. The van der Waals surface area contributed by atoms with Crippen LogP contribution in [-0.4, -0.2) is 61.9 Å². The second kappa shape index (κ2) is 10.6. The number of esters is 1. The summed E-state index contributed by atoms with van der Waals surface area (Å²) in [5, 5.41) is 9.63. The van der Waals surface area contributed by atoms with E-state index in [0.29, 0.717) is 33.6 Å². The first-order valence-corrected chi connectivity index (χ1v) is 12.6. The summed E-state index contributed by atoms with van der Waals surface area (Å²) < 4.78 is 4.82. The highest BCUT2D eigenvalue weighted by atomic mass is 16.5. The number of amides is 1. The van der Waals surface area contributed by atoms with E-state index in [1.807, 2.05) is 61.6 Å². The Hall–Kier alpha value is -4.27. The van der Waals surface area contributed by atoms with Crippen LogP contribution in [0.5, 0.6) is 0 Å². The molecule has 0 aromatic heterocycles. The molecule has 8 heteroatoms. The smallest absolute Gasteiger partial charge is 0.337 e. The van der Waals surface area contributed by atoms with Crippen molar-refractivity contribution in [1.29, 1.82) is 0 Å². The molecule has 3 aromatic rings. The van der Waals surface area contributed by atoms with Gasteiger partial charge in [-0.25, -0.2) is 4.79 Å². The Labute approximate surface area is 221 Å². The molecule has 1 saturated heterocycles. The lowest BCUT2D eigenvalue weighted by molar-refractivity contribution is -0.110. The number of nitrogens with zero attached hydrogens (tertiary/aromatic N) is 1. The largest absolute Gasteiger partial charge is 0.465 e. The van der Waals surface area contributed by atoms with Gasteiger partial charge in [-0.2, -0.15) is 0 Å². The molecule has 8 nitrogen and oxygen atoms in total. The highest BCUT2D eigenvalue weighted by molar-refractivity contribution is 6.37. The maximum Gasteiger partial charge on any atom is 0.337 e. The summed E-state index contributed by atoms with van der Waals surface area (Å²) >= 11 is 0. The molecule has 2 unspecified atom stereocenters. The number of hydrogen-bond acceptors (Lipinski definition) is 7. The molecule has 0 aliphatic carbocycles. The van der Waals surface area contributed by atoms with Crippen LogP contribution in [0.3, 0.4) is 0 Å². The van der Waals surface area contributed by atoms with E-state index in [1.165, 1.54) is 7.11 Å². The van der Waals surface area contributed by atoms with E-state index in [1.54, 1.807) is 18.2 Å². The van der Waals surface area contributed by atoms with Crippen molar-refractivity contribution in [3.05, 3.63) is 95.1 Å². The average Bonchev–Trinajstić information content (AvgIpc) is 3.27. The number of anilines is 2. The van der Waals surface area contributed by atoms with Crippen LogP contribution in [0, 0.1) is 0 Å². The summed E-state index contributed by atoms with van der Waals surface area (Å²) in [6, 6.07) is 21.7. The molecule has 5 rings (SSSR count). The number of ether oxygens (including phenoxy) is 1. The summed E-state index contributed by atoms with van der Waals surface area (Å²) in [6.45, 7) is 3.74. The number of hydrogen-bond donors (Lipinski definition) is 3. The van der Waals surface area contributed by atoms with Crippen LogP contribution in [-0.2, 0) is 9.53 Å². The summed E-state index contributed by atoms with van der Waals surface area (Å²) in [6.07, 6.45) is 0. The Morgan fingerprint density at radius 1 is 0.974 bits per heavy atom. The number of carbonyl (C=O) groups is 3. The van der Waals surface area contributed by atoms with Crippen LogP contribution in [0.15, 0.2) is 72.8 Å². The van der Waals surface area contributed by atoms with Gasteiger partial charge in [0, 0.05) is 35.9 Å². The molecule has 3 N–H and O–H groups in total. The molecule has 38 heavy (non-hydrogen) atoms. The number of benzene rings is 3. The topological polar surface area (TPSA) is 99.8 Å². The van der Waals surface area contributed by atoms with Crippen LogP contribution in [0.1, 0.15) is 38.8 Å². The number of carbonyl (C=O) groups excluding carboxylic acids is 3. The van der Waals surface area contributed by atoms with Gasteiger partial charge in [-0.05, 0) is 55.9 Å². The highest BCUT2D eigenvalue weighted by Crippen LogP contribution is 2.38. The van der Waals surface area contributed by atoms with Crippen LogP contribution in [0.4, 0.5) is 11.4 Å². The van der Waals surface area contributed by atoms with Crippen molar-refractivity contribution in [2.75, 3.05) is 37.9 Å². The first kappa shape index (κ1) is 25.4. The third-order valence-electron chi connectivity index (χ3n) is 7.23. The van der Waals surface area contributed by atoms with Crippen LogP contribution >= 0.6 is 0 Å². The third kappa shape index (κ3) is 4.83. The Kier molecular flexibility index (Phi) is 7.09. The second-order valence-electron chi connectivity index (χ2n) is 9.54. The molecule has 1 amide bonds. The Bertz CT molecular complexity index is 1420. The fourth-order valence-corrected chi connectivity index (χ4v) is 4.93. The van der Waals surface area contributed by atoms with Crippen LogP contribution < -0.4 is 16.0 Å². The van der Waals surface area contributed by atoms with E-state index in [2.05, 4.69) is 27.8 Å². The molecule has 0 bridgehead atoms. The number of fused-ring (bicyclic) bond motifs is 1. The van der Waals surface area contributed by atoms with Gasteiger partial charge in [0.25, 0.3) is 5.91 Å². The first-order valence-electron chi connectivity index (χ1n) is 12.6. The van der Waals surface area contributed by atoms with E-state index in [9.17, 15) is 14.4 Å². The monoisotopic (exact) mass is 510 g/mol. The predicted molar refractivity (Wildman–Crippen MR) is 148 cm³/mol. The van der Waals surface area contributed by atoms with Gasteiger partial charge in [-0.3, -0.25) is 9.59 Å². The highest BCUT2D eigenvalue weighted by Gasteiger charge is 2.32. The van der Waals surface area contributed by atoms with E-state index in [4.69, 9.17) is 4.74 Å². The van der Waals surface area contributed by atoms with Gasteiger partial charge in [-0.1, -0.05) is 36.4 Å². The number of methoxy groups -OCH3 is 1. The van der Waals surface area contributed by atoms with Crippen molar-refractivity contribution in [2.24, 2.45) is 0 Å². The fourth-order valence-electron chi connectivity index (χ4n) is 4.93. The lowest BCUT2D eigenvalue weighted by Gasteiger charge is -2.36. The molecular formula is C30H30N4O4. The van der Waals surface area contributed by atoms with Gasteiger partial charge in [0.05, 0.1) is 35.7 Å². The van der Waals surface area contributed by atoms with Crippen molar-refractivity contribution in [2.45, 2.75) is 19.0 Å². The first-order chi connectivity index (χ1) is 18.4. The van der Waals surface area contributed by atoms with E-state index in [0.717, 1.165) is 24.3 Å². The lowest BCUT2D eigenvalue weighted by atomic mass is 9.96. The molecule has 0 saturated carbocycles. The zero-order chi connectivity index (χ0) is 26.8. The van der Waals surface area contributed by atoms with Gasteiger partial charge in [0.15, 0.2) is 5.78 Å². The summed E-state index contributed by atoms with van der Waals surface area (Å²) in [4.78, 5) is 40.6. The van der Waals surface area contributed by atoms with Crippen molar-refractivity contribution < 1.29 is 19.1 Å². The molecule has 1 fully saturated rings. The number of ketones is 1. The van der Waals surface area contributed by atoms with Crippen molar-refractivity contribution in [1.82, 2.24) is 10.2 Å². The van der Waals surface area contributed by atoms with Crippen molar-refractivity contribution in [3.8, 4) is 0 Å². The minimum absolute atomic E-state index is 0.0581. The predicted octanol–water partition coefficient (Wildman–Crippen LogP) is 3.88. The summed E-state index contributed by atoms with van der Waals surface area (Å²) in [7, 11) is 3.35.